The summed E-state index contributed by atoms with van der Waals surface area (Å²) in [5, 5.41) is 11.1. The monoisotopic (exact) mass is 337 g/mol. The molecule has 1 saturated heterocycles. The van der Waals surface area contributed by atoms with Gasteiger partial charge in [-0.25, -0.2) is 8.42 Å². The molecule has 126 valence electrons. The number of ketones is 1. The first kappa shape index (κ1) is 17.8. The van der Waals surface area contributed by atoms with Crippen LogP contribution < -0.4 is 0 Å². The summed E-state index contributed by atoms with van der Waals surface area (Å²) < 4.78 is 26.2. The molecule has 1 unspecified atom stereocenters. The van der Waals surface area contributed by atoms with Crippen molar-refractivity contribution in [1.82, 2.24) is 4.31 Å². The van der Waals surface area contributed by atoms with E-state index in [1.807, 2.05) is 30.3 Å². The number of sulfonamides is 1. The number of β-amino-alcohol motifs (C(OH)–C–C–N with tert-alkyl or cyclic N) is 1. The lowest BCUT2D eigenvalue weighted by Gasteiger charge is -2.24. The Morgan fingerprint density at radius 1 is 1.13 bits per heavy atom. The Balaban J connectivity index is 2.13. The zero-order valence-electron chi connectivity index (χ0n) is 13.1. The van der Waals surface area contributed by atoms with Crippen LogP contribution >= 0.6 is 0 Å². The third-order valence-electron chi connectivity index (χ3n) is 3.89. The molecule has 1 aromatic carbocycles. The number of carbonyl (C=O) groups excluding carboxylic acids is 1. The van der Waals surface area contributed by atoms with E-state index in [1.54, 1.807) is 0 Å². The van der Waals surface area contributed by atoms with E-state index >= 15 is 0 Å². The highest BCUT2D eigenvalue weighted by Crippen LogP contribution is 2.15. The molecular weight excluding hydrogens is 314 g/mol. The van der Waals surface area contributed by atoms with Gasteiger partial charge < -0.3 is 5.11 Å². The molecule has 6 heteroatoms. The first-order chi connectivity index (χ1) is 11.0. The zero-order chi connectivity index (χ0) is 16.7. The summed E-state index contributed by atoms with van der Waals surface area (Å²) in [6.45, 7) is 0.159. The number of carbonyl (C=O) groups is 1. The number of Topliss-reactive ketones (excluding diaryl/α,β-unsaturated/α-hetero) is 1. The molecule has 5 nitrogen and oxygen atoms in total. The van der Waals surface area contributed by atoms with E-state index < -0.39 is 16.1 Å². The van der Waals surface area contributed by atoms with E-state index in [1.165, 1.54) is 10.4 Å². The van der Waals surface area contributed by atoms with Crippen LogP contribution in [0.15, 0.2) is 35.7 Å². The van der Waals surface area contributed by atoms with Crippen molar-refractivity contribution >= 4 is 21.9 Å². The molecule has 1 fully saturated rings. The highest BCUT2D eigenvalue weighted by Gasteiger charge is 2.24. The second-order valence-electron chi connectivity index (χ2n) is 5.80. The maximum atomic E-state index is 12.5. The van der Waals surface area contributed by atoms with E-state index in [2.05, 4.69) is 0 Å². The topological polar surface area (TPSA) is 74.7 Å². The van der Waals surface area contributed by atoms with Crippen molar-refractivity contribution in [3.05, 3.63) is 41.3 Å². The fraction of sp³-hybridized carbons (Fsp3) is 0.471. The Morgan fingerprint density at radius 3 is 2.61 bits per heavy atom. The van der Waals surface area contributed by atoms with Crippen molar-refractivity contribution < 1.29 is 18.3 Å². The summed E-state index contributed by atoms with van der Waals surface area (Å²) >= 11 is 0. The molecule has 0 bridgehead atoms. The Morgan fingerprint density at radius 2 is 1.87 bits per heavy atom. The van der Waals surface area contributed by atoms with Crippen LogP contribution in [0, 0.1) is 0 Å². The van der Waals surface area contributed by atoms with E-state index in [9.17, 15) is 18.3 Å². The summed E-state index contributed by atoms with van der Waals surface area (Å²) in [5.41, 5.74) is 0.786. The van der Waals surface area contributed by atoms with Gasteiger partial charge in [0.2, 0.25) is 10.0 Å². The van der Waals surface area contributed by atoms with E-state index in [0.29, 0.717) is 12.8 Å². The standard InChI is InChI=1S/C17H23NO4S/c19-16-8-4-5-9-17(20)14-18(12-10-16)23(21,22)13-11-15-6-2-1-3-7-15/h1-3,6-7,11,13,17,20H,4-5,8-10,12,14H2/b13-11+. The molecule has 1 N–H and O–H groups in total. The Kier molecular flexibility index (Phi) is 6.50. The van der Waals surface area contributed by atoms with Gasteiger partial charge >= 0.3 is 0 Å². The maximum absolute atomic E-state index is 12.5. The van der Waals surface area contributed by atoms with Crippen molar-refractivity contribution in [3.63, 3.8) is 0 Å². The van der Waals surface area contributed by atoms with Crippen LogP contribution in [0.2, 0.25) is 0 Å². The first-order valence-corrected chi connectivity index (χ1v) is 9.41. The van der Waals surface area contributed by atoms with Crippen LogP contribution in [0.1, 0.15) is 37.7 Å². The Bertz CT molecular complexity index is 640. The maximum Gasteiger partial charge on any atom is 0.236 e. The SMILES string of the molecule is O=C1CCCCC(O)CN(S(=O)(=O)/C=C/c2ccccc2)CC1. The number of rotatable bonds is 3. The van der Waals surface area contributed by atoms with Crippen LogP contribution in [-0.2, 0) is 14.8 Å². The lowest BCUT2D eigenvalue weighted by atomic mass is 10.1. The third-order valence-corrected chi connectivity index (χ3v) is 5.42. The smallest absolute Gasteiger partial charge is 0.236 e. The van der Waals surface area contributed by atoms with Gasteiger partial charge in [-0.2, -0.15) is 4.31 Å². The van der Waals surface area contributed by atoms with E-state index in [0.717, 1.165) is 23.8 Å². The zero-order valence-corrected chi connectivity index (χ0v) is 13.9. The minimum atomic E-state index is -3.66. The average molecular weight is 337 g/mol. The van der Waals surface area contributed by atoms with E-state index in [4.69, 9.17) is 0 Å². The van der Waals surface area contributed by atoms with Gasteiger partial charge in [-0.15, -0.1) is 0 Å². The number of hydrogen-bond donors (Lipinski definition) is 1. The number of benzene rings is 1. The van der Waals surface area contributed by atoms with Gasteiger partial charge in [0.25, 0.3) is 0 Å². The lowest BCUT2D eigenvalue weighted by molar-refractivity contribution is -0.119. The Labute approximate surface area is 137 Å². The van der Waals surface area contributed by atoms with Gasteiger partial charge in [0.05, 0.1) is 6.10 Å². The van der Waals surface area contributed by atoms with Crippen molar-refractivity contribution in [3.8, 4) is 0 Å². The summed E-state index contributed by atoms with van der Waals surface area (Å²) in [5.74, 6) is 0.0774. The molecule has 0 radical (unpaired) electrons. The summed E-state index contributed by atoms with van der Waals surface area (Å²) in [4.78, 5) is 11.7. The fourth-order valence-corrected chi connectivity index (χ4v) is 3.77. The third kappa shape index (κ3) is 5.89. The second-order valence-corrected chi connectivity index (χ2v) is 7.62. The number of aliphatic hydroxyl groups excluding tert-OH is 1. The minimum Gasteiger partial charge on any atom is -0.392 e. The van der Waals surface area contributed by atoms with Gasteiger partial charge in [0, 0.05) is 31.3 Å². The molecule has 1 aromatic rings. The molecule has 0 aromatic heterocycles. The largest absolute Gasteiger partial charge is 0.392 e. The fourth-order valence-electron chi connectivity index (χ4n) is 2.54. The van der Waals surface area contributed by atoms with E-state index in [-0.39, 0.29) is 25.3 Å². The predicted octanol–water partition coefficient (Wildman–Crippen LogP) is 2.18. The van der Waals surface area contributed by atoms with Crippen LogP contribution in [0.5, 0.6) is 0 Å². The second kappa shape index (κ2) is 8.38. The summed E-state index contributed by atoms with van der Waals surface area (Å²) in [6, 6.07) is 9.15. The number of nitrogens with zero attached hydrogens (tertiary/aromatic N) is 1. The van der Waals surface area contributed by atoms with Gasteiger partial charge in [-0.3, -0.25) is 4.79 Å². The normalized spacial score (nSPS) is 22.3. The molecule has 0 aliphatic carbocycles. The minimum absolute atomic E-state index is 0.0365. The molecule has 0 spiro atoms. The molecule has 1 aliphatic rings. The average Bonchev–Trinajstić information content (AvgIpc) is 2.54. The van der Waals surface area contributed by atoms with Crippen LogP contribution in [0.3, 0.4) is 0 Å². The molecule has 1 heterocycles. The first-order valence-electron chi connectivity index (χ1n) is 7.90. The predicted molar refractivity (Wildman–Crippen MR) is 90.1 cm³/mol. The lowest BCUT2D eigenvalue weighted by Crippen LogP contribution is -2.38. The van der Waals surface area contributed by atoms with Gasteiger partial charge in [0.15, 0.2) is 0 Å². The van der Waals surface area contributed by atoms with Crippen LogP contribution in [-0.4, -0.2) is 42.8 Å². The number of hydrogen-bond acceptors (Lipinski definition) is 4. The number of aliphatic hydroxyl groups is 1. The molecule has 1 aliphatic heterocycles. The van der Waals surface area contributed by atoms with Crippen molar-refractivity contribution in [2.45, 2.75) is 38.2 Å². The quantitative estimate of drug-likeness (QED) is 0.917. The van der Waals surface area contributed by atoms with Crippen LogP contribution in [0.4, 0.5) is 0 Å². The van der Waals surface area contributed by atoms with Crippen molar-refractivity contribution in [2.24, 2.45) is 0 Å². The Hall–Kier alpha value is -1.50. The highest BCUT2D eigenvalue weighted by molar-refractivity contribution is 7.92. The molecule has 1 atom stereocenters. The summed E-state index contributed by atoms with van der Waals surface area (Å²) in [7, 11) is -3.66. The van der Waals surface area contributed by atoms with Crippen molar-refractivity contribution in [1.29, 1.82) is 0 Å². The molecule has 0 amide bonds. The highest BCUT2D eigenvalue weighted by atomic mass is 32.2. The van der Waals surface area contributed by atoms with Crippen LogP contribution in [0.25, 0.3) is 6.08 Å². The molecule has 0 saturated carbocycles. The molecule has 2 rings (SSSR count). The molecule has 23 heavy (non-hydrogen) atoms. The van der Waals surface area contributed by atoms with Gasteiger partial charge in [0.1, 0.15) is 5.78 Å². The van der Waals surface area contributed by atoms with Gasteiger partial charge in [-0.1, -0.05) is 36.8 Å². The molecular formula is C17H23NO4S. The van der Waals surface area contributed by atoms with Gasteiger partial charge in [-0.05, 0) is 24.5 Å². The summed E-state index contributed by atoms with van der Waals surface area (Å²) in [6.07, 6.45) is 3.51. The van der Waals surface area contributed by atoms with Crippen molar-refractivity contribution in [2.75, 3.05) is 13.1 Å².